The molecule has 0 radical (unpaired) electrons. The number of alkyl halides is 1. The molecule has 15 heteroatoms. The molecule has 0 amide bonds. The van der Waals surface area contributed by atoms with Crippen molar-refractivity contribution < 1.29 is 158 Å². The molecule has 0 heterocycles. The molecule has 1 atom stereocenters. The third-order valence-electron chi connectivity index (χ3n) is 2.17. The minimum atomic E-state index is -1.62. The van der Waals surface area contributed by atoms with Crippen LogP contribution in [0.5, 0.6) is 0 Å². The van der Waals surface area contributed by atoms with E-state index in [4.69, 9.17) is 11.6 Å². The first kappa shape index (κ1) is 37.8. The summed E-state index contributed by atoms with van der Waals surface area (Å²) < 4.78 is 0. The van der Waals surface area contributed by atoms with Crippen molar-refractivity contribution >= 4 is 35.5 Å². The molecular formula is C10H11ClN2Na4O8. The average Bonchev–Trinajstić information content (AvgIpc) is 2.24. The van der Waals surface area contributed by atoms with Crippen LogP contribution in [0.2, 0.25) is 0 Å². The first-order valence-electron chi connectivity index (χ1n) is 5.51. The molecule has 0 N–H and O–H groups in total. The van der Waals surface area contributed by atoms with Gasteiger partial charge in [-0.1, -0.05) is 0 Å². The van der Waals surface area contributed by atoms with Gasteiger partial charge in [0.05, 0.1) is 29.4 Å². The zero-order chi connectivity index (χ0) is 16.6. The number of rotatable bonds is 11. The van der Waals surface area contributed by atoms with Gasteiger partial charge in [-0.3, -0.25) is 9.80 Å². The molecule has 0 saturated carbocycles. The minimum absolute atomic E-state index is 0. The van der Waals surface area contributed by atoms with Crippen molar-refractivity contribution in [1.29, 1.82) is 0 Å². The molecule has 0 aromatic heterocycles. The van der Waals surface area contributed by atoms with Gasteiger partial charge in [0.25, 0.3) is 0 Å². The summed E-state index contributed by atoms with van der Waals surface area (Å²) >= 11 is 5.77. The van der Waals surface area contributed by atoms with Crippen LogP contribution in [0.25, 0.3) is 0 Å². The maximum atomic E-state index is 10.5. The first-order chi connectivity index (χ1) is 9.61. The monoisotopic (exact) mass is 414 g/mol. The van der Waals surface area contributed by atoms with E-state index in [0.29, 0.717) is 4.90 Å². The summed E-state index contributed by atoms with van der Waals surface area (Å²) in [6, 6.07) is 0. The van der Waals surface area contributed by atoms with Crippen molar-refractivity contribution in [3.05, 3.63) is 0 Å². The van der Waals surface area contributed by atoms with Crippen LogP contribution < -0.4 is 139 Å². The maximum absolute atomic E-state index is 10.5. The molecule has 0 fully saturated rings. The molecule has 0 spiro atoms. The summed E-state index contributed by atoms with van der Waals surface area (Å²) in [5.74, 6) is -6.42. The molecular weight excluding hydrogens is 404 g/mol. The third-order valence-corrected chi connectivity index (χ3v) is 2.59. The third kappa shape index (κ3) is 22.2. The molecule has 10 nitrogen and oxygen atoms in total. The van der Waals surface area contributed by atoms with E-state index in [1.165, 1.54) is 0 Å². The van der Waals surface area contributed by atoms with E-state index in [1.54, 1.807) is 0 Å². The summed E-state index contributed by atoms with van der Waals surface area (Å²) in [5, 5.41) is 41.9. The van der Waals surface area contributed by atoms with Gasteiger partial charge in [0.1, 0.15) is 0 Å². The summed E-state index contributed by atoms with van der Waals surface area (Å²) in [7, 11) is 0. The van der Waals surface area contributed by atoms with Crippen LogP contribution in [0.3, 0.4) is 0 Å². The number of carboxylic acid groups (broad SMARTS) is 4. The van der Waals surface area contributed by atoms with Crippen LogP contribution in [-0.4, -0.2) is 71.9 Å². The molecule has 25 heavy (non-hydrogen) atoms. The van der Waals surface area contributed by atoms with Crippen molar-refractivity contribution in [3.8, 4) is 0 Å². The molecule has 0 aliphatic carbocycles. The Morgan fingerprint density at radius 2 is 0.960 bits per heavy atom. The van der Waals surface area contributed by atoms with Gasteiger partial charge in [0.2, 0.25) is 0 Å². The van der Waals surface area contributed by atoms with E-state index >= 15 is 0 Å². The zero-order valence-electron chi connectivity index (χ0n) is 14.7. The van der Waals surface area contributed by atoms with Gasteiger partial charge in [0, 0.05) is 32.7 Å². The Morgan fingerprint density at radius 1 is 0.680 bits per heavy atom. The fraction of sp³-hybridized carbons (Fsp3) is 0.600. The fourth-order valence-corrected chi connectivity index (χ4v) is 1.80. The summed E-state index contributed by atoms with van der Waals surface area (Å²) in [4.78, 5) is 43.4. The van der Waals surface area contributed by atoms with Crippen LogP contribution in [0.1, 0.15) is 0 Å². The van der Waals surface area contributed by atoms with Gasteiger partial charge >= 0.3 is 118 Å². The second-order valence-corrected chi connectivity index (χ2v) is 4.50. The van der Waals surface area contributed by atoms with Gasteiger partial charge in [-0.2, -0.15) is 0 Å². The Morgan fingerprint density at radius 3 is 1.20 bits per heavy atom. The summed E-state index contributed by atoms with van der Waals surface area (Å²) in [6.07, 6.45) is 0. The number of halogens is 1. The van der Waals surface area contributed by atoms with Gasteiger partial charge in [-0.25, -0.2) is 0 Å². The topological polar surface area (TPSA) is 167 Å². The van der Waals surface area contributed by atoms with Crippen LogP contribution in [0.15, 0.2) is 0 Å². The van der Waals surface area contributed by atoms with E-state index in [9.17, 15) is 39.6 Å². The molecule has 0 aromatic carbocycles. The maximum Gasteiger partial charge on any atom is 1.00 e. The predicted molar refractivity (Wildman–Crippen MR) is 57.7 cm³/mol. The van der Waals surface area contributed by atoms with E-state index in [-0.39, 0.29) is 118 Å². The van der Waals surface area contributed by atoms with Crippen LogP contribution in [-0.2, 0) is 19.2 Å². The van der Waals surface area contributed by atoms with Crippen molar-refractivity contribution in [2.24, 2.45) is 0 Å². The largest absolute Gasteiger partial charge is 1.00 e. The van der Waals surface area contributed by atoms with E-state index in [2.05, 4.69) is 0 Å². The Bertz CT molecular complexity index is 400. The second-order valence-electron chi connectivity index (χ2n) is 4.00. The van der Waals surface area contributed by atoms with Crippen molar-refractivity contribution in [2.75, 3.05) is 32.7 Å². The Hall–Kier alpha value is 2.09. The van der Waals surface area contributed by atoms with Gasteiger partial charge in [-0.05, 0) is 0 Å². The van der Waals surface area contributed by atoms with Crippen LogP contribution in [0, 0.1) is 0 Å². The summed E-state index contributed by atoms with van der Waals surface area (Å²) in [6.45, 7) is -3.77. The number of nitrogens with zero attached hydrogens (tertiary/aromatic N) is 2. The number of carbonyl (C=O) groups excluding carboxylic acids is 4. The van der Waals surface area contributed by atoms with Gasteiger partial charge < -0.3 is 39.6 Å². The fourth-order valence-electron chi connectivity index (χ4n) is 1.46. The van der Waals surface area contributed by atoms with Crippen molar-refractivity contribution in [3.63, 3.8) is 0 Å². The predicted octanol–water partition coefficient (Wildman–Crippen LogP) is -18.8. The van der Waals surface area contributed by atoms with Gasteiger partial charge in [0.15, 0.2) is 0 Å². The SMILES string of the molecule is O=C([O-])CN(CC(=O)[O-])CC(Cl)N(CC(=O)[O-])CC(=O)[O-].[Na+].[Na+].[Na+].[Na+]. The van der Waals surface area contributed by atoms with E-state index in [1.807, 2.05) is 0 Å². The normalized spacial score (nSPS) is 10.4. The minimum Gasteiger partial charge on any atom is -0.549 e. The van der Waals surface area contributed by atoms with E-state index in [0.717, 1.165) is 4.90 Å². The molecule has 0 saturated heterocycles. The molecule has 0 rings (SSSR count). The Balaban J connectivity index is -0.000000333. The quantitative estimate of drug-likeness (QED) is 0.180. The number of carboxylic acids is 4. The first-order valence-corrected chi connectivity index (χ1v) is 5.95. The molecule has 0 aliphatic rings. The molecule has 0 bridgehead atoms. The van der Waals surface area contributed by atoms with Crippen molar-refractivity contribution in [1.82, 2.24) is 9.80 Å². The number of carbonyl (C=O) groups is 4. The number of hydrogen-bond acceptors (Lipinski definition) is 10. The smallest absolute Gasteiger partial charge is 0.549 e. The van der Waals surface area contributed by atoms with Crippen LogP contribution >= 0.6 is 11.6 Å². The number of aliphatic carboxylic acids is 4. The molecule has 120 valence electrons. The number of hydrogen-bond donors (Lipinski definition) is 0. The zero-order valence-corrected chi connectivity index (χ0v) is 23.4. The Labute approximate surface area is 237 Å². The van der Waals surface area contributed by atoms with Crippen LogP contribution in [0.4, 0.5) is 0 Å². The molecule has 1 unspecified atom stereocenters. The molecule has 0 aromatic rings. The molecule has 0 aliphatic heterocycles. The standard InChI is InChI=1S/C10H15ClN2O8.4Na/c11-6(13(4-9(18)19)5-10(20)21)1-12(2-7(14)15)3-8(16)17;;;;/h6H,1-5H2,(H,14,15)(H,16,17)(H,18,19)(H,20,21);;;;/q;4*+1/p-4. The van der Waals surface area contributed by atoms with Gasteiger partial charge in [-0.15, -0.1) is 11.6 Å². The second kappa shape index (κ2) is 20.8. The van der Waals surface area contributed by atoms with E-state index < -0.39 is 62.1 Å². The Kier molecular flexibility index (Phi) is 31.5. The average molecular weight is 415 g/mol. The summed E-state index contributed by atoms with van der Waals surface area (Å²) in [5.41, 5.74) is -1.31. The van der Waals surface area contributed by atoms with Crippen molar-refractivity contribution in [2.45, 2.75) is 5.50 Å².